The Bertz CT molecular complexity index is 681. The van der Waals surface area contributed by atoms with Crippen LogP contribution in [-0.2, 0) is 10.2 Å². The van der Waals surface area contributed by atoms with Crippen LogP contribution in [0, 0.1) is 11.6 Å². The number of aromatic hydroxyl groups is 1. The number of ether oxygens (including phenoxy) is 1. The van der Waals surface area contributed by atoms with Gasteiger partial charge in [0.15, 0.2) is 23.1 Å². The van der Waals surface area contributed by atoms with Crippen LogP contribution in [-0.4, -0.2) is 11.6 Å². The fourth-order valence-corrected chi connectivity index (χ4v) is 2.10. The molecule has 2 aromatic rings. The van der Waals surface area contributed by atoms with Crippen molar-refractivity contribution in [3.8, 4) is 11.5 Å². The molecule has 0 fully saturated rings. The largest absolute Gasteiger partial charge is 0.505 e. The molecule has 0 saturated carbocycles. The molecule has 0 aliphatic heterocycles. The van der Waals surface area contributed by atoms with Crippen molar-refractivity contribution in [2.75, 3.05) is 0 Å². The van der Waals surface area contributed by atoms with Crippen LogP contribution in [0.5, 0.6) is 11.5 Å². The van der Waals surface area contributed by atoms with Crippen LogP contribution in [0.1, 0.15) is 25.0 Å². The minimum atomic E-state index is -0.734. The first kappa shape index (κ1) is 15.0. The Morgan fingerprint density at radius 3 is 2.14 bits per heavy atom. The van der Waals surface area contributed by atoms with Crippen molar-refractivity contribution >= 4 is 6.47 Å². The molecule has 0 unspecified atom stereocenters. The monoisotopic (exact) mass is 292 g/mol. The molecule has 1 N–H and O–H groups in total. The average molecular weight is 292 g/mol. The molecule has 0 aromatic heterocycles. The van der Waals surface area contributed by atoms with Crippen molar-refractivity contribution in [3.05, 3.63) is 59.2 Å². The lowest BCUT2D eigenvalue weighted by molar-refractivity contribution is -0.120. The van der Waals surface area contributed by atoms with Crippen molar-refractivity contribution in [2.24, 2.45) is 0 Å². The van der Waals surface area contributed by atoms with Gasteiger partial charge in [0.05, 0.1) is 0 Å². The Labute approximate surface area is 120 Å². The van der Waals surface area contributed by atoms with E-state index < -0.39 is 22.8 Å². The molecular formula is C16H14F2O3. The molecule has 21 heavy (non-hydrogen) atoms. The number of phenols is 1. The molecular weight excluding hydrogens is 278 g/mol. The van der Waals surface area contributed by atoms with Gasteiger partial charge in [-0.1, -0.05) is 26.0 Å². The maximum atomic E-state index is 13.8. The lowest BCUT2D eigenvalue weighted by Crippen LogP contribution is -2.19. The third-order valence-electron chi connectivity index (χ3n) is 3.50. The maximum absolute atomic E-state index is 13.8. The second-order valence-electron chi connectivity index (χ2n) is 5.15. The zero-order valence-corrected chi connectivity index (χ0v) is 11.6. The lowest BCUT2D eigenvalue weighted by Gasteiger charge is -2.26. The average Bonchev–Trinajstić information content (AvgIpc) is 2.44. The first-order valence-corrected chi connectivity index (χ1v) is 6.25. The molecule has 0 atom stereocenters. The van der Waals surface area contributed by atoms with Crippen LogP contribution >= 0.6 is 0 Å². The van der Waals surface area contributed by atoms with Gasteiger partial charge in [0, 0.05) is 5.41 Å². The fraction of sp³-hybridized carbons (Fsp3) is 0.188. The molecule has 0 spiro atoms. The normalized spacial score (nSPS) is 11.2. The Morgan fingerprint density at radius 1 is 1.05 bits per heavy atom. The smallest absolute Gasteiger partial charge is 0.298 e. The van der Waals surface area contributed by atoms with Crippen LogP contribution < -0.4 is 4.74 Å². The van der Waals surface area contributed by atoms with E-state index in [0.717, 1.165) is 0 Å². The molecule has 0 amide bonds. The second-order valence-corrected chi connectivity index (χ2v) is 5.15. The Kier molecular flexibility index (Phi) is 3.93. The summed E-state index contributed by atoms with van der Waals surface area (Å²) in [7, 11) is 0. The van der Waals surface area contributed by atoms with Crippen LogP contribution in [0.15, 0.2) is 36.4 Å². The molecule has 0 bridgehead atoms. The van der Waals surface area contributed by atoms with Gasteiger partial charge < -0.3 is 9.84 Å². The van der Waals surface area contributed by atoms with Gasteiger partial charge in [0.1, 0.15) is 0 Å². The summed E-state index contributed by atoms with van der Waals surface area (Å²) in [5.74, 6) is -2.01. The first-order valence-electron chi connectivity index (χ1n) is 6.25. The van der Waals surface area contributed by atoms with Gasteiger partial charge in [-0.2, -0.15) is 0 Å². The Balaban J connectivity index is 2.45. The molecule has 2 aromatic carbocycles. The van der Waals surface area contributed by atoms with Crippen LogP contribution in [0.4, 0.5) is 8.78 Å². The third-order valence-corrected chi connectivity index (χ3v) is 3.50. The van der Waals surface area contributed by atoms with Crippen LogP contribution in [0.3, 0.4) is 0 Å². The topological polar surface area (TPSA) is 46.5 Å². The summed E-state index contributed by atoms with van der Waals surface area (Å²) in [5, 5.41) is 9.23. The summed E-state index contributed by atoms with van der Waals surface area (Å²) in [6, 6.07) is 8.23. The van der Waals surface area contributed by atoms with Gasteiger partial charge in [0.25, 0.3) is 6.47 Å². The minimum absolute atomic E-state index is 0.151. The number of halogens is 2. The summed E-state index contributed by atoms with van der Waals surface area (Å²) in [6.07, 6.45) is 0. The molecule has 0 radical (unpaired) electrons. The van der Waals surface area contributed by atoms with E-state index >= 15 is 0 Å². The van der Waals surface area contributed by atoms with E-state index in [1.807, 2.05) is 0 Å². The quantitative estimate of drug-likeness (QED) is 0.877. The third kappa shape index (κ3) is 2.86. The number of phenolic OH excluding ortho intramolecular Hbond substituents is 1. The number of carbonyl (C=O) groups is 1. The molecule has 5 heteroatoms. The van der Waals surface area contributed by atoms with E-state index in [9.17, 15) is 18.7 Å². The standard InChI is InChI=1S/C16H14F2O3/c1-16(2,10-3-5-14(20)12(17)7-10)11-4-6-15(21-9-19)13(18)8-11/h3-9,20H,1-2H3. The zero-order chi connectivity index (χ0) is 15.6. The van der Waals surface area contributed by atoms with Crippen molar-refractivity contribution in [1.82, 2.24) is 0 Å². The first-order chi connectivity index (χ1) is 9.86. The van der Waals surface area contributed by atoms with Crippen molar-refractivity contribution in [1.29, 1.82) is 0 Å². The molecule has 3 nitrogen and oxygen atoms in total. The number of carbonyl (C=O) groups excluding carboxylic acids is 1. The SMILES string of the molecule is CC(C)(c1ccc(O)c(F)c1)c1ccc(OC=O)c(F)c1. The summed E-state index contributed by atoms with van der Waals surface area (Å²) in [5.41, 5.74) is 0.485. The number of benzene rings is 2. The van der Waals surface area contributed by atoms with Crippen molar-refractivity contribution in [3.63, 3.8) is 0 Å². The maximum Gasteiger partial charge on any atom is 0.298 e. The van der Waals surface area contributed by atoms with Crippen molar-refractivity contribution in [2.45, 2.75) is 19.3 Å². The summed E-state index contributed by atoms with van der Waals surface area (Å²) >= 11 is 0. The number of hydrogen-bond acceptors (Lipinski definition) is 3. The highest BCUT2D eigenvalue weighted by Crippen LogP contribution is 2.35. The minimum Gasteiger partial charge on any atom is -0.505 e. The van der Waals surface area contributed by atoms with Gasteiger partial charge in [-0.25, -0.2) is 8.78 Å². The van der Waals surface area contributed by atoms with Crippen LogP contribution in [0.2, 0.25) is 0 Å². The van der Waals surface area contributed by atoms with Gasteiger partial charge >= 0.3 is 0 Å². The second kappa shape index (κ2) is 5.52. The van der Waals surface area contributed by atoms with E-state index in [1.165, 1.54) is 24.3 Å². The molecule has 0 aliphatic rings. The van der Waals surface area contributed by atoms with Gasteiger partial charge in [-0.05, 0) is 35.4 Å². The number of rotatable bonds is 4. The highest BCUT2D eigenvalue weighted by molar-refractivity contribution is 5.48. The lowest BCUT2D eigenvalue weighted by atomic mass is 9.78. The molecule has 0 heterocycles. The molecule has 2 rings (SSSR count). The number of hydrogen-bond donors (Lipinski definition) is 1. The summed E-state index contributed by atoms with van der Waals surface area (Å²) in [6.45, 7) is 3.75. The highest BCUT2D eigenvalue weighted by atomic mass is 19.1. The molecule has 0 saturated heterocycles. The predicted octanol–water partition coefficient (Wildman–Crippen LogP) is 3.53. The van der Waals surface area contributed by atoms with E-state index in [-0.39, 0.29) is 12.2 Å². The highest BCUT2D eigenvalue weighted by Gasteiger charge is 2.25. The van der Waals surface area contributed by atoms with E-state index in [1.54, 1.807) is 26.0 Å². The summed E-state index contributed by atoms with van der Waals surface area (Å²) in [4.78, 5) is 10.2. The fourth-order valence-electron chi connectivity index (χ4n) is 2.10. The van der Waals surface area contributed by atoms with E-state index in [2.05, 4.69) is 4.74 Å². The van der Waals surface area contributed by atoms with Crippen LogP contribution in [0.25, 0.3) is 0 Å². The van der Waals surface area contributed by atoms with Gasteiger partial charge in [-0.15, -0.1) is 0 Å². The van der Waals surface area contributed by atoms with Gasteiger partial charge in [0.2, 0.25) is 0 Å². The Morgan fingerprint density at radius 2 is 1.62 bits per heavy atom. The zero-order valence-electron chi connectivity index (χ0n) is 11.6. The van der Waals surface area contributed by atoms with Gasteiger partial charge in [-0.3, -0.25) is 4.79 Å². The summed E-state index contributed by atoms with van der Waals surface area (Å²) < 4.78 is 31.8. The Hall–Kier alpha value is -2.43. The van der Waals surface area contributed by atoms with E-state index in [0.29, 0.717) is 11.1 Å². The van der Waals surface area contributed by atoms with Crippen molar-refractivity contribution < 1.29 is 23.4 Å². The van der Waals surface area contributed by atoms with E-state index in [4.69, 9.17) is 0 Å². The molecule has 0 aliphatic carbocycles. The molecule has 110 valence electrons. The predicted molar refractivity (Wildman–Crippen MR) is 73.3 cm³/mol.